The topological polar surface area (TPSA) is 59.8 Å². The fraction of sp³-hybridized carbons (Fsp3) is 0.500. The van der Waals surface area contributed by atoms with Gasteiger partial charge >= 0.3 is 0 Å². The number of amides is 1. The Morgan fingerprint density at radius 2 is 2.04 bits per heavy atom. The molecule has 7 heteroatoms. The van der Waals surface area contributed by atoms with Gasteiger partial charge in [0.25, 0.3) is 5.91 Å². The van der Waals surface area contributed by atoms with Crippen molar-refractivity contribution in [2.24, 2.45) is 7.05 Å². The van der Waals surface area contributed by atoms with E-state index in [0.29, 0.717) is 19.8 Å². The number of anilines is 1. The molecular weight excluding hydrogens is 344 g/mol. The molecule has 2 aliphatic heterocycles. The smallest absolute Gasteiger partial charge is 0.253 e. The summed E-state index contributed by atoms with van der Waals surface area (Å²) < 4.78 is 13.8. The molecule has 1 atom stereocenters. The second-order valence-corrected chi connectivity index (χ2v) is 7.43. The summed E-state index contributed by atoms with van der Waals surface area (Å²) in [7, 11) is 1.96. The minimum Gasteiger partial charge on any atom is -0.368 e. The van der Waals surface area contributed by atoms with E-state index in [4.69, 9.17) is 9.47 Å². The second kappa shape index (κ2) is 7.42. The molecule has 2 fully saturated rings. The largest absolute Gasteiger partial charge is 0.368 e. The van der Waals surface area contributed by atoms with Crippen molar-refractivity contribution in [2.45, 2.75) is 19.1 Å². The predicted molar refractivity (Wildman–Crippen MR) is 102 cm³/mol. The van der Waals surface area contributed by atoms with Crippen LogP contribution in [0.15, 0.2) is 36.5 Å². The molecule has 1 aromatic heterocycles. The molecular formula is C20H26N4O3. The van der Waals surface area contributed by atoms with Gasteiger partial charge in [-0.05, 0) is 19.1 Å². The number of rotatable bonds is 3. The van der Waals surface area contributed by atoms with Crippen LogP contribution in [-0.4, -0.2) is 65.6 Å². The van der Waals surface area contributed by atoms with Crippen molar-refractivity contribution in [3.63, 3.8) is 0 Å². The maximum atomic E-state index is 12.6. The highest BCUT2D eigenvalue weighted by Gasteiger charge is 2.42. The first kappa shape index (κ1) is 18.2. The van der Waals surface area contributed by atoms with Crippen LogP contribution in [0.5, 0.6) is 0 Å². The quantitative estimate of drug-likeness (QED) is 0.817. The fourth-order valence-electron chi connectivity index (χ4n) is 3.85. The highest BCUT2D eigenvalue weighted by Crippen LogP contribution is 2.27. The monoisotopic (exact) mass is 370 g/mol. The maximum Gasteiger partial charge on any atom is 0.253 e. The van der Waals surface area contributed by atoms with Crippen LogP contribution in [0.3, 0.4) is 0 Å². The number of hydrogen-bond acceptors (Lipinski definition) is 5. The molecule has 1 spiro atoms. The molecule has 0 bridgehead atoms. The summed E-state index contributed by atoms with van der Waals surface area (Å²) in [5, 5.41) is 4.34. The highest BCUT2D eigenvalue weighted by molar-refractivity contribution is 5.94. The Kier molecular flexibility index (Phi) is 4.99. The third kappa shape index (κ3) is 3.76. The average molecular weight is 370 g/mol. The van der Waals surface area contributed by atoms with Gasteiger partial charge < -0.3 is 14.4 Å². The van der Waals surface area contributed by atoms with Crippen molar-refractivity contribution in [3.8, 4) is 0 Å². The van der Waals surface area contributed by atoms with E-state index in [-0.39, 0.29) is 12.5 Å². The molecule has 2 aromatic rings. The van der Waals surface area contributed by atoms with Gasteiger partial charge in [-0.1, -0.05) is 18.2 Å². The van der Waals surface area contributed by atoms with E-state index in [1.165, 1.54) is 11.3 Å². The van der Waals surface area contributed by atoms with Crippen LogP contribution in [-0.2, 0) is 27.9 Å². The first-order valence-electron chi connectivity index (χ1n) is 9.33. The zero-order valence-electron chi connectivity index (χ0n) is 15.9. The predicted octanol–water partition coefficient (Wildman–Crippen LogP) is 1.36. The number of aromatic nitrogens is 2. The zero-order valence-corrected chi connectivity index (χ0v) is 15.9. The Balaban J connectivity index is 1.53. The van der Waals surface area contributed by atoms with E-state index in [1.807, 2.05) is 48.3 Å². The highest BCUT2D eigenvalue weighted by atomic mass is 16.5. The lowest BCUT2D eigenvalue weighted by atomic mass is 10.0. The number of carbonyl (C=O) groups is 1. The van der Waals surface area contributed by atoms with Gasteiger partial charge in [0.15, 0.2) is 0 Å². The van der Waals surface area contributed by atoms with Crippen LogP contribution in [0, 0.1) is 6.92 Å². The molecule has 1 unspecified atom stereocenters. The first-order valence-corrected chi connectivity index (χ1v) is 9.33. The minimum atomic E-state index is -0.517. The molecule has 144 valence electrons. The lowest BCUT2D eigenvalue weighted by Crippen LogP contribution is -2.59. The fourth-order valence-corrected chi connectivity index (χ4v) is 3.85. The van der Waals surface area contributed by atoms with Crippen LogP contribution in [0.4, 0.5) is 5.69 Å². The third-order valence-electron chi connectivity index (χ3n) is 5.46. The van der Waals surface area contributed by atoms with Crippen molar-refractivity contribution in [2.75, 3.05) is 44.4 Å². The Bertz CT molecular complexity index is 807. The van der Waals surface area contributed by atoms with E-state index in [9.17, 15) is 4.79 Å². The number of morpholine rings is 1. The number of para-hydroxylation sites is 1. The lowest BCUT2D eigenvalue weighted by Gasteiger charge is -2.43. The number of carbonyl (C=O) groups excluding carboxylic acids is 1. The van der Waals surface area contributed by atoms with Crippen molar-refractivity contribution in [1.82, 2.24) is 14.7 Å². The van der Waals surface area contributed by atoms with Gasteiger partial charge in [-0.3, -0.25) is 14.4 Å². The number of aryl methyl sites for hydroxylation is 1. The molecule has 2 saturated heterocycles. The van der Waals surface area contributed by atoms with Gasteiger partial charge in [-0.15, -0.1) is 0 Å². The summed E-state index contributed by atoms with van der Waals surface area (Å²) >= 11 is 0. The van der Waals surface area contributed by atoms with Crippen LogP contribution in [0.25, 0.3) is 0 Å². The Morgan fingerprint density at radius 1 is 1.22 bits per heavy atom. The molecule has 27 heavy (non-hydrogen) atoms. The average Bonchev–Trinajstić information content (AvgIpc) is 2.90. The molecule has 0 N–H and O–H groups in total. The first-order chi connectivity index (χ1) is 13.1. The number of benzene rings is 1. The second-order valence-electron chi connectivity index (χ2n) is 7.43. The third-order valence-corrected chi connectivity index (χ3v) is 5.46. The summed E-state index contributed by atoms with van der Waals surface area (Å²) in [5.74, 6) is -0.0260. The van der Waals surface area contributed by atoms with Crippen LogP contribution in [0.2, 0.25) is 0 Å². The minimum absolute atomic E-state index is 0.0260. The van der Waals surface area contributed by atoms with Gasteiger partial charge in [0.1, 0.15) is 12.2 Å². The Labute approximate surface area is 159 Å². The van der Waals surface area contributed by atoms with E-state index >= 15 is 0 Å². The SMILES string of the molecule is Cc1c(CN2CCOC3(COCC(=O)N(c4ccccc4)C3)C2)cnn1C. The molecule has 2 aliphatic rings. The van der Waals surface area contributed by atoms with Crippen LogP contribution < -0.4 is 4.90 Å². The van der Waals surface area contributed by atoms with E-state index in [1.54, 1.807) is 4.90 Å². The van der Waals surface area contributed by atoms with Gasteiger partial charge in [0.05, 0.1) is 26.0 Å². The van der Waals surface area contributed by atoms with Gasteiger partial charge in [0.2, 0.25) is 0 Å². The zero-order chi connectivity index (χ0) is 18.9. The molecule has 0 saturated carbocycles. The van der Waals surface area contributed by atoms with Crippen molar-refractivity contribution < 1.29 is 14.3 Å². The van der Waals surface area contributed by atoms with Crippen LogP contribution >= 0.6 is 0 Å². The Hall–Kier alpha value is -2.22. The number of ether oxygens (including phenoxy) is 2. The summed E-state index contributed by atoms with van der Waals surface area (Å²) in [6, 6.07) is 9.75. The van der Waals surface area contributed by atoms with Crippen LogP contribution in [0.1, 0.15) is 11.3 Å². The summed E-state index contributed by atoms with van der Waals surface area (Å²) in [5.41, 5.74) is 2.76. The molecule has 1 aromatic carbocycles. The summed E-state index contributed by atoms with van der Waals surface area (Å²) in [6.45, 7) is 6.12. The normalized spacial score (nSPS) is 24.4. The van der Waals surface area contributed by atoms with E-state index < -0.39 is 5.60 Å². The number of nitrogens with zero attached hydrogens (tertiary/aromatic N) is 4. The summed E-state index contributed by atoms with van der Waals surface area (Å²) in [4.78, 5) is 16.7. The molecule has 0 radical (unpaired) electrons. The van der Waals surface area contributed by atoms with Gasteiger partial charge in [-0.2, -0.15) is 5.10 Å². The lowest BCUT2D eigenvalue weighted by molar-refractivity contribution is -0.135. The molecule has 1 amide bonds. The molecule has 3 heterocycles. The van der Waals surface area contributed by atoms with Gasteiger partial charge in [-0.25, -0.2) is 0 Å². The Morgan fingerprint density at radius 3 is 2.78 bits per heavy atom. The van der Waals surface area contributed by atoms with E-state index in [2.05, 4.69) is 16.9 Å². The van der Waals surface area contributed by atoms with Crippen molar-refractivity contribution in [1.29, 1.82) is 0 Å². The van der Waals surface area contributed by atoms with Gasteiger partial charge in [0, 0.05) is 43.6 Å². The molecule has 7 nitrogen and oxygen atoms in total. The maximum absolute atomic E-state index is 12.6. The molecule has 0 aliphatic carbocycles. The van der Waals surface area contributed by atoms with E-state index in [0.717, 1.165) is 25.3 Å². The molecule has 4 rings (SSSR count). The van der Waals surface area contributed by atoms with Crippen molar-refractivity contribution in [3.05, 3.63) is 47.8 Å². The standard InChI is InChI=1S/C20H26N4O3/c1-16-17(10-21-22(16)2)11-23-8-9-27-20(13-23)14-24(19(25)12-26-15-20)18-6-4-3-5-7-18/h3-7,10H,8-9,11-15H2,1-2H3. The number of hydrogen-bond donors (Lipinski definition) is 0. The summed E-state index contributed by atoms with van der Waals surface area (Å²) in [6.07, 6.45) is 1.93. The van der Waals surface area contributed by atoms with Crippen molar-refractivity contribution >= 4 is 11.6 Å².